The van der Waals surface area contributed by atoms with Crippen LogP contribution in [0.5, 0.6) is 5.75 Å². The van der Waals surface area contributed by atoms with E-state index in [1.165, 1.54) is 11.3 Å². The third kappa shape index (κ3) is 4.98. The molecule has 2 aromatic heterocycles. The van der Waals surface area contributed by atoms with Crippen LogP contribution in [0.3, 0.4) is 0 Å². The number of aromatic nitrogens is 1. The predicted molar refractivity (Wildman–Crippen MR) is 104 cm³/mol. The molecule has 2 heterocycles. The number of esters is 1. The number of methoxy groups -OCH3 is 1. The molecule has 7 heteroatoms. The van der Waals surface area contributed by atoms with E-state index in [0.29, 0.717) is 17.8 Å². The first-order chi connectivity index (χ1) is 13.2. The first-order valence-electron chi connectivity index (χ1n) is 8.45. The summed E-state index contributed by atoms with van der Waals surface area (Å²) >= 11 is 1.29. The molecule has 1 aromatic carbocycles. The van der Waals surface area contributed by atoms with Crippen molar-refractivity contribution in [3.8, 4) is 11.4 Å². The first-order valence-corrected chi connectivity index (χ1v) is 9.33. The molecule has 1 amide bonds. The Kier molecular flexibility index (Phi) is 6.27. The molecule has 0 saturated heterocycles. The topological polar surface area (TPSA) is 69.6 Å². The lowest BCUT2D eigenvalue weighted by Crippen LogP contribution is -2.30. The summed E-state index contributed by atoms with van der Waals surface area (Å²) in [5.74, 6) is -0.0301. The summed E-state index contributed by atoms with van der Waals surface area (Å²) in [6, 6.07) is 13.3. The monoisotopic (exact) mass is 384 g/mol. The van der Waals surface area contributed by atoms with Crippen molar-refractivity contribution in [2.45, 2.75) is 6.42 Å². The molecule has 0 aliphatic carbocycles. The van der Waals surface area contributed by atoms with Crippen molar-refractivity contribution in [3.05, 3.63) is 70.7 Å². The van der Waals surface area contributed by atoms with Crippen LogP contribution < -0.4 is 10.1 Å². The summed E-state index contributed by atoms with van der Waals surface area (Å²) in [4.78, 5) is 24.6. The Balaban J connectivity index is 1.44. The van der Waals surface area contributed by atoms with E-state index < -0.39 is 5.97 Å². The second-order valence-corrected chi connectivity index (χ2v) is 6.67. The highest BCUT2D eigenvalue weighted by Crippen LogP contribution is 2.22. The summed E-state index contributed by atoms with van der Waals surface area (Å²) in [5.41, 5.74) is 1.83. The van der Waals surface area contributed by atoms with Crippen molar-refractivity contribution in [2.75, 3.05) is 20.3 Å². The zero-order chi connectivity index (χ0) is 19.1. The van der Waals surface area contributed by atoms with Gasteiger partial charge in [-0.1, -0.05) is 12.1 Å². The predicted octanol–water partition coefficient (Wildman–Crippen LogP) is 3.06. The number of nitrogens with one attached hydrogen (secondary N) is 1. The van der Waals surface area contributed by atoms with Gasteiger partial charge in [0.2, 0.25) is 0 Å². The number of carbonyl (C=O) groups excluding carboxylic acids is 2. The van der Waals surface area contributed by atoms with Gasteiger partial charge in [0.05, 0.1) is 12.8 Å². The Morgan fingerprint density at radius 1 is 1.11 bits per heavy atom. The van der Waals surface area contributed by atoms with Gasteiger partial charge in [0.15, 0.2) is 6.61 Å². The Morgan fingerprint density at radius 3 is 2.56 bits per heavy atom. The van der Waals surface area contributed by atoms with Gasteiger partial charge in [0.1, 0.15) is 10.6 Å². The fourth-order valence-corrected chi connectivity index (χ4v) is 3.32. The van der Waals surface area contributed by atoms with Crippen LogP contribution in [-0.4, -0.2) is 36.7 Å². The number of benzene rings is 1. The molecule has 0 radical (unpaired) electrons. The SMILES string of the molecule is COc1ccc(CCNC(=O)COC(=O)c2sccc2-n2cccc2)cc1. The van der Waals surface area contributed by atoms with Crippen molar-refractivity contribution < 1.29 is 19.1 Å². The summed E-state index contributed by atoms with van der Waals surface area (Å²) in [5, 5.41) is 4.57. The number of hydrogen-bond donors (Lipinski definition) is 1. The zero-order valence-electron chi connectivity index (χ0n) is 14.9. The average molecular weight is 384 g/mol. The molecule has 27 heavy (non-hydrogen) atoms. The number of rotatable bonds is 8. The van der Waals surface area contributed by atoms with E-state index in [9.17, 15) is 9.59 Å². The molecule has 140 valence electrons. The van der Waals surface area contributed by atoms with E-state index in [1.807, 2.05) is 64.8 Å². The minimum Gasteiger partial charge on any atom is -0.497 e. The van der Waals surface area contributed by atoms with Crippen LogP contribution in [0.1, 0.15) is 15.2 Å². The van der Waals surface area contributed by atoms with Crippen molar-refractivity contribution in [2.24, 2.45) is 0 Å². The fraction of sp³-hybridized carbons (Fsp3) is 0.200. The van der Waals surface area contributed by atoms with E-state index >= 15 is 0 Å². The molecule has 0 spiro atoms. The minimum absolute atomic E-state index is 0.301. The highest BCUT2D eigenvalue weighted by Gasteiger charge is 2.17. The maximum Gasteiger partial charge on any atom is 0.350 e. The molecule has 0 unspecified atom stereocenters. The Bertz CT molecular complexity index is 885. The minimum atomic E-state index is -0.501. The van der Waals surface area contributed by atoms with E-state index in [0.717, 1.165) is 17.0 Å². The summed E-state index contributed by atoms with van der Waals surface area (Å²) < 4.78 is 12.1. The van der Waals surface area contributed by atoms with Crippen molar-refractivity contribution in [1.29, 1.82) is 0 Å². The maximum absolute atomic E-state index is 12.3. The third-order valence-corrected chi connectivity index (χ3v) is 4.83. The lowest BCUT2D eigenvalue weighted by Gasteiger charge is -2.08. The van der Waals surface area contributed by atoms with Gasteiger partial charge >= 0.3 is 5.97 Å². The normalized spacial score (nSPS) is 10.4. The first kappa shape index (κ1) is 18.7. The lowest BCUT2D eigenvalue weighted by atomic mass is 10.1. The molecule has 6 nitrogen and oxygen atoms in total. The van der Waals surface area contributed by atoms with E-state index in [1.54, 1.807) is 7.11 Å². The quantitative estimate of drug-likeness (QED) is 0.606. The van der Waals surface area contributed by atoms with E-state index in [-0.39, 0.29) is 12.5 Å². The molecular formula is C20H20N2O4S. The highest BCUT2D eigenvalue weighted by atomic mass is 32.1. The van der Waals surface area contributed by atoms with Crippen LogP contribution in [0.15, 0.2) is 60.2 Å². The van der Waals surface area contributed by atoms with Crippen LogP contribution >= 0.6 is 11.3 Å². The molecule has 3 aromatic rings. The van der Waals surface area contributed by atoms with Gasteiger partial charge in [0, 0.05) is 18.9 Å². The smallest absolute Gasteiger partial charge is 0.350 e. The number of amides is 1. The molecular weight excluding hydrogens is 364 g/mol. The molecule has 0 aliphatic rings. The molecule has 0 aliphatic heterocycles. The standard InChI is InChI=1S/C20H20N2O4S/c1-25-16-6-4-15(5-7-16)8-10-21-18(23)14-26-20(24)19-17(9-13-27-19)22-11-2-3-12-22/h2-7,9,11-13H,8,10,14H2,1H3,(H,21,23). The Labute approximate surface area is 161 Å². The molecule has 1 N–H and O–H groups in total. The van der Waals surface area contributed by atoms with Crippen LogP contribution in [0, 0.1) is 0 Å². The summed E-state index contributed by atoms with van der Waals surface area (Å²) in [6.45, 7) is 0.167. The van der Waals surface area contributed by atoms with Gasteiger partial charge < -0.3 is 19.4 Å². The molecule has 0 bridgehead atoms. The van der Waals surface area contributed by atoms with E-state index in [2.05, 4.69) is 5.32 Å². The highest BCUT2D eigenvalue weighted by molar-refractivity contribution is 7.12. The van der Waals surface area contributed by atoms with Gasteiger partial charge in [-0.3, -0.25) is 4.79 Å². The van der Waals surface area contributed by atoms with E-state index in [4.69, 9.17) is 9.47 Å². The van der Waals surface area contributed by atoms with Crippen molar-refractivity contribution in [1.82, 2.24) is 9.88 Å². The number of nitrogens with zero attached hydrogens (tertiary/aromatic N) is 1. The number of hydrogen-bond acceptors (Lipinski definition) is 5. The average Bonchev–Trinajstić information content (AvgIpc) is 3.38. The number of ether oxygens (including phenoxy) is 2. The summed E-state index contributed by atoms with van der Waals surface area (Å²) in [7, 11) is 1.62. The molecule has 0 atom stereocenters. The number of carbonyl (C=O) groups is 2. The van der Waals surface area contributed by atoms with Crippen LogP contribution in [0.4, 0.5) is 0 Å². The summed E-state index contributed by atoms with van der Waals surface area (Å²) in [6.07, 6.45) is 4.39. The molecule has 0 fully saturated rings. The Morgan fingerprint density at radius 2 is 1.85 bits per heavy atom. The van der Waals surface area contributed by atoms with Crippen molar-refractivity contribution in [3.63, 3.8) is 0 Å². The Hall–Kier alpha value is -3.06. The second-order valence-electron chi connectivity index (χ2n) is 5.75. The van der Waals surface area contributed by atoms with Gasteiger partial charge in [-0.25, -0.2) is 4.79 Å². The van der Waals surface area contributed by atoms with Crippen LogP contribution in [-0.2, 0) is 16.0 Å². The fourth-order valence-electron chi connectivity index (χ4n) is 2.54. The van der Waals surface area contributed by atoms with Gasteiger partial charge in [0.25, 0.3) is 5.91 Å². The van der Waals surface area contributed by atoms with Gasteiger partial charge in [-0.05, 0) is 47.7 Å². The maximum atomic E-state index is 12.3. The van der Waals surface area contributed by atoms with Gasteiger partial charge in [-0.15, -0.1) is 11.3 Å². The zero-order valence-corrected chi connectivity index (χ0v) is 15.7. The van der Waals surface area contributed by atoms with Crippen LogP contribution in [0.25, 0.3) is 5.69 Å². The molecule has 0 saturated carbocycles. The largest absolute Gasteiger partial charge is 0.497 e. The van der Waals surface area contributed by atoms with Crippen LogP contribution in [0.2, 0.25) is 0 Å². The van der Waals surface area contributed by atoms with Crippen molar-refractivity contribution >= 4 is 23.2 Å². The second kappa shape index (κ2) is 9.05. The number of thiophene rings is 1. The lowest BCUT2D eigenvalue weighted by molar-refractivity contribution is -0.124. The molecule has 3 rings (SSSR count). The van der Waals surface area contributed by atoms with Gasteiger partial charge in [-0.2, -0.15) is 0 Å². The third-order valence-electron chi connectivity index (χ3n) is 3.94.